The van der Waals surface area contributed by atoms with Crippen molar-refractivity contribution in [2.75, 3.05) is 0 Å². The van der Waals surface area contributed by atoms with Gasteiger partial charge in [-0.1, -0.05) is 0 Å². The number of hydrogen-bond acceptors (Lipinski definition) is 6. The summed E-state index contributed by atoms with van der Waals surface area (Å²) < 4.78 is 23.2. The summed E-state index contributed by atoms with van der Waals surface area (Å²) in [6.45, 7) is 0. The lowest BCUT2D eigenvalue weighted by atomic mass is 9.90. The molecule has 1 saturated carbocycles. The highest BCUT2D eigenvalue weighted by Gasteiger charge is 2.31. The molecule has 0 amide bonds. The number of imidazole rings is 1. The van der Waals surface area contributed by atoms with Crippen LogP contribution in [0.3, 0.4) is 0 Å². The van der Waals surface area contributed by atoms with E-state index in [1.54, 1.807) is 18.5 Å². The first-order valence-corrected chi connectivity index (χ1v) is 10.3. The SMILES string of the molecule is Cn1cnc(-c2cc3c(-c4cn(C5CC(O)C5)nc4-c4ccc(F)cc4)ncnc3o2)c1. The fraction of sp³-hybridized carbons (Fsp3) is 0.217. The molecule has 0 unspecified atom stereocenters. The van der Waals surface area contributed by atoms with Gasteiger partial charge in [-0.2, -0.15) is 5.10 Å². The fourth-order valence-corrected chi connectivity index (χ4v) is 4.08. The van der Waals surface area contributed by atoms with Gasteiger partial charge in [-0.3, -0.25) is 4.68 Å². The zero-order chi connectivity index (χ0) is 21.8. The number of furan rings is 1. The van der Waals surface area contributed by atoms with Gasteiger partial charge < -0.3 is 14.1 Å². The number of halogens is 1. The van der Waals surface area contributed by atoms with Crippen LogP contribution in [0.4, 0.5) is 4.39 Å². The Labute approximate surface area is 182 Å². The quantitative estimate of drug-likeness (QED) is 0.463. The molecular formula is C23H19FN6O2. The van der Waals surface area contributed by atoms with E-state index in [-0.39, 0.29) is 18.0 Å². The molecule has 0 spiro atoms. The van der Waals surface area contributed by atoms with E-state index < -0.39 is 0 Å². The molecular weight excluding hydrogens is 411 g/mol. The molecule has 32 heavy (non-hydrogen) atoms. The number of fused-ring (bicyclic) bond motifs is 1. The van der Waals surface area contributed by atoms with Crippen molar-refractivity contribution in [2.45, 2.75) is 25.0 Å². The van der Waals surface area contributed by atoms with Crippen molar-refractivity contribution in [2.24, 2.45) is 7.05 Å². The van der Waals surface area contributed by atoms with Crippen LogP contribution in [0.5, 0.6) is 0 Å². The molecule has 0 saturated heterocycles. The summed E-state index contributed by atoms with van der Waals surface area (Å²) in [6.07, 6.45) is 7.97. The number of aryl methyl sites for hydroxylation is 1. The second kappa shape index (κ2) is 7.10. The molecule has 0 aliphatic heterocycles. The van der Waals surface area contributed by atoms with Gasteiger partial charge in [0.05, 0.1) is 29.6 Å². The minimum Gasteiger partial charge on any atom is -0.436 e. The molecule has 1 N–H and O–H groups in total. The Morgan fingerprint density at radius 1 is 1.06 bits per heavy atom. The van der Waals surface area contributed by atoms with Crippen LogP contribution in [0.15, 0.2) is 59.8 Å². The van der Waals surface area contributed by atoms with Crippen molar-refractivity contribution >= 4 is 11.1 Å². The molecule has 6 rings (SSSR count). The number of nitrogens with zero attached hydrogens (tertiary/aromatic N) is 6. The molecule has 0 bridgehead atoms. The number of hydrogen-bond donors (Lipinski definition) is 1. The summed E-state index contributed by atoms with van der Waals surface area (Å²) in [4.78, 5) is 13.2. The maximum absolute atomic E-state index is 13.5. The molecule has 1 aliphatic carbocycles. The summed E-state index contributed by atoms with van der Waals surface area (Å²) in [7, 11) is 1.89. The average Bonchev–Trinajstić information content (AvgIpc) is 3.49. The molecule has 5 aromatic rings. The number of aromatic nitrogens is 6. The third kappa shape index (κ3) is 3.09. The highest BCUT2D eigenvalue weighted by molar-refractivity contribution is 5.95. The van der Waals surface area contributed by atoms with Crippen molar-refractivity contribution in [3.8, 4) is 34.0 Å². The minimum atomic E-state index is -0.309. The lowest BCUT2D eigenvalue weighted by Gasteiger charge is -2.31. The van der Waals surface area contributed by atoms with Gasteiger partial charge in [-0.15, -0.1) is 0 Å². The molecule has 1 aromatic carbocycles. The van der Waals surface area contributed by atoms with Crippen LogP contribution >= 0.6 is 0 Å². The molecule has 4 aromatic heterocycles. The molecule has 4 heterocycles. The number of aliphatic hydroxyl groups is 1. The van der Waals surface area contributed by atoms with Gasteiger partial charge in [0.25, 0.3) is 0 Å². The van der Waals surface area contributed by atoms with E-state index >= 15 is 0 Å². The van der Waals surface area contributed by atoms with Gasteiger partial charge in [0, 0.05) is 30.6 Å². The molecule has 9 heteroatoms. The predicted octanol–water partition coefficient (Wildman–Crippen LogP) is 3.99. The van der Waals surface area contributed by atoms with Gasteiger partial charge in [-0.05, 0) is 43.2 Å². The van der Waals surface area contributed by atoms with E-state index in [9.17, 15) is 9.50 Å². The Morgan fingerprint density at radius 2 is 1.88 bits per heavy atom. The normalized spacial score (nSPS) is 18.2. The van der Waals surface area contributed by atoms with E-state index in [1.165, 1.54) is 18.5 Å². The van der Waals surface area contributed by atoms with Crippen molar-refractivity contribution in [3.63, 3.8) is 0 Å². The van der Waals surface area contributed by atoms with Crippen LogP contribution in [0.1, 0.15) is 18.9 Å². The Bertz CT molecular complexity index is 1430. The Hall–Kier alpha value is -3.85. The number of aliphatic hydroxyl groups excluding tert-OH is 1. The predicted molar refractivity (Wildman–Crippen MR) is 115 cm³/mol. The highest BCUT2D eigenvalue weighted by atomic mass is 19.1. The summed E-state index contributed by atoms with van der Waals surface area (Å²) in [5.74, 6) is 0.288. The third-order valence-electron chi connectivity index (χ3n) is 5.85. The van der Waals surface area contributed by atoms with Crippen LogP contribution in [0.25, 0.3) is 45.1 Å². The van der Waals surface area contributed by atoms with Gasteiger partial charge in [0.1, 0.15) is 23.5 Å². The summed E-state index contributed by atoms with van der Waals surface area (Å²) in [6, 6.07) is 8.23. The molecule has 8 nitrogen and oxygen atoms in total. The van der Waals surface area contributed by atoms with E-state index in [4.69, 9.17) is 9.52 Å². The van der Waals surface area contributed by atoms with Crippen molar-refractivity contribution < 1.29 is 13.9 Å². The average molecular weight is 430 g/mol. The monoisotopic (exact) mass is 430 g/mol. The van der Waals surface area contributed by atoms with E-state index in [0.717, 1.165) is 16.5 Å². The van der Waals surface area contributed by atoms with Crippen LogP contribution in [-0.2, 0) is 7.05 Å². The molecule has 1 fully saturated rings. The smallest absolute Gasteiger partial charge is 0.230 e. The summed E-state index contributed by atoms with van der Waals surface area (Å²) in [5, 5.41) is 15.3. The Morgan fingerprint density at radius 3 is 2.59 bits per heavy atom. The molecule has 0 radical (unpaired) electrons. The summed E-state index contributed by atoms with van der Waals surface area (Å²) >= 11 is 0. The lowest BCUT2D eigenvalue weighted by molar-refractivity contribution is 0.0435. The van der Waals surface area contributed by atoms with Crippen molar-refractivity contribution in [1.82, 2.24) is 29.3 Å². The Kier molecular flexibility index (Phi) is 4.19. The summed E-state index contributed by atoms with van der Waals surface area (Å²) in [5.41, 5.74) is 4.08. The van der Waals surface area contributed by atoms with Gasteiger partial charge in [0.15, 0.2) is 5.76 Å². The molecule has 160 valence electrons. The zero-order valence-corrected chi connectivity index (χ0v) is 17.2. The Balaban J connectivity index is 1.52. The van der Waals surface area contributed by atoms with Crippen LogP contribution < -0.4 is 0 Å². The minimum absolute atomic E-state index is 0.115. The molecule has 0 atom stereocenters. The van der Waals surface area contributed by atoms with Gasteiger partial charge in [0.2, 0.25) is 5.71 Å². The zero-order valence-electron chi connectivity index (χ0n) is 17.2. The van der Waals surface area contributed by atoms with Gasteiger partial charge >= 0.3 is 0 Å². The first-order valence-electron chi connectivity index (χ1n) is 10.3. The van der Waals surface area contributed by atoms with Crippen LogP contribution in [0, 0.1) is 5.82 Å². The standard InChI is InChI=1S/C23H19FN6O2/c1-29-10-19(27-12-29)20-8-17-22(25-11-26-23(17)32-20)18-9-30(15-6-16(31)7-15)28-21(18)13-2-4-14(24)5-3-13/h2-5,8-12,15-16,31H,6-7H2,1H3. The van der Waals surface area contributed by atoms with Crippen LogP contribution in [-0.4, -0.2) is 40.5 Å². The maximum Gasteiger partial charge on any atom is 0.230 e. The van der Waals surface area contributed by atoms with Crippen LogP contribution in [0.2, 0.25) is 0 Å². The molecule has 1 aliphatic rings. The number of rotatable bonds is 4. The largest absolute Gasteiger partial charge is 0.436 e. The number of benzene rings is 1. The maximum atomic E-state index is 13.5. The topological polar surface area (TPSA) is 94.8 Å². The van der Waals surface area contributed by atoms with E-state index in [0.29, 0.717) is 41.4 Å². The fourth-order valence-electron chi connectivity index (χ4n) is 4.08. The van der Waals surface area contributed by atoms with E-state index in [2.05, 4.69) is 15.0 Å². The second-order valence-electron chi connectivity index (χ2n) is 8.13. The second-order valence-corrected chi connectivity index (χ2v) is 8.13. The third-order valence-corrected chi connectivity index (χ3v) is 5.85. The lowest BCUT2D eigenvalue weighted by Crippen LogP contribution is -2.31. The van der Waals surface area contributed by atoms with E-state index in [1.807, 2.05) is 34.8 Å². The van der Waals surface area contributed by atoms with Crippen molar-refractivity contribution in [3.05, 3.63) is 61.2 Å². The van der Waals surface area contributed by atoms with Gasteiger partial charge in [-0.25, -0.2) is 19.3 Å². The highest BCUT2D eigenvalue weighted by Crippen LogP contribution is 2.39. The first kappa shape index (κ1) is 18.9. The first-order chi connectivity index (χ1) is 15.5. The van der Waals surface area contributed by atoms with Crippen molar-refractivity contribution in [1.29, 1.82) is 0 Å².